The minimum Gasteiger partial charge on any atom is -0.460 e. The minimum atomic E-state index is -0.205. The van der Waals surface area contributed by atoms with Crippen LogP contribution in [0.3, 0.4) is 0 Å². The van der Waals surface area contributed by atoms with Crippen molar-refractivity contribution in [3.05, 3.63) is 70.5 Å². The Balaban J connectivity index is 1.31. The predicted molar refractivity (Wildman–Crippen MR) is 124 cm³/mol. The summed E-state index contributed by atoms with van der Waals surface area (Å²) >= 11 is 0. The molecule has 6 rings (SSSR count). The third kappa shape index (κ3) is 3.61. The van der Waals surface area contributed by atoms with Crippen molar-refractivity contribution in [2.45, 2.75) is 69.1 Å². The Morgan fingerprint density at radius 1 is 1.00 bits per heavy atom. The van der Waals surface area contributed by atoms with E-state index >= 15 is 0 Å². The van der Waals surface area contributed by atoms with Crippen LogP contribution in [0.2, 0.25) is 0 Å². The number of fused-ring (bicyclic) bond motifs is 1. The maximum absolute atomic E-state index is 13.7. The predicted octanol–water partition coefficient (Wildman–Crippen LogP) is 4.92. The molecular formula is C27H32FN3O. The van der Waals surface area contributed by atoms with Gasteiger partial charge in [-0.3, -0.25) is 0 Å². The summed E-state index contributed by atoms with van der Waals surface area (Å²) in [6, 6.07) is 15.1. The fraction of sp³-hybridized carbons (Fsp3) is 0.519. The fourth-order valence-corrected chi connectivity index (χ4v) is 6.16. The highest BCUT2D eigenvalue weighted by molar-refractivity contribution is 5.77. The second-order valence-corrected chi connectivity index (χ2v) is 10.1. The van der Waals surface area contributed by atoms with E-state index in [-0.39, 0.29) is 18.0 Å². The summed E-state index contributed by atoms with van der Waals surface area (Å²) in [6.07, 6.45) is 8.49. The molecule has 2 aromatic carbocycles. The zero-order chi connectivity index (χ0) is 21.7. The standard InChI is InChI=1S/C27H32FN3O/c28-22-8-5-18(6-9-22)26-24-10-7-19(17-3-1-2-4-17)13-20(24)11-12-31(26)27-30-16-25(32-27)21-14-23(29)15-21/h5-10,13,17,21,23,25-26H,1-4,11-12,14-16,29H2/t21?,23?,25-,26-/m0/s1. The molecule has 0 spiro atoms. The van der Waals surface area contributed by atoms with E-state index in [1.165, 1.54) is 42.4 Å². The van der Waals surface area contributed by atoms with Gasteiger partial charge in [0.2, 0.25) is 0 Å². The lowest BCUT2D eigenvalue weighted by Gasteiger charge is -2.40. The highest BCUT2D eigenvalue weighted by atomic mass is 19.1. The van der Waals surface area contributed by atoms with E-state index < -0.39 is 0 Å². The summed E-state index contributed by atoms with van der Waals surface area (Å²) < 4.78 is 20.1. The number of hydrogen-bond acceptors (Lipinski definition) is 4. The van der Waals surface area contributed by atoms with Gasteiger partial charge in [-0.2, -0.15) is 0 Å². The van der Waals surface area contributed by atoms with Crippen LogP contribution in [0.15, 0.2) is 47.5 Å². The Morgan fingerprint density at radius 2 is 1.75 bits per heavy atom. The lowest BCUT2D eigenvalue weighted by atomic mass is 9.77. The highest BCUT2D eigenvalue weighted by Gasteiger charge is 2.40. The van der Waals surface area contributed by atoms with Gasteiger partial charge in [-0.05, 0) is 72.4 Å². The second kappa shape index (κ2) is 8.18. The summed E-state index contributed by atoms with van der Waals surface area (Å²) in [5.74, 6) is 1.02. The van der Waals surface area contributed by atoms with Crippen LogP contribution >= 0.6 is 0 Å². The lowest BCUT2D eigenvalue weighted by Crippen LogP contribution is -2.45. The molecule has 4 aliphatic rings. The monoisotopic (exact) mass is 433 g/mol. The number of nitrogens with two attached hydrogens (primary N) is 1. The van der Waals surface area contributed by atoms with Gasteiger partial charge < -0.3 is 15.4 Å². The Bertz CT molecular complexity index is 1010. The van der Waals surface area contributed by atoms with E-state index in [0.29, 0.717) is 24.4 Å². The van der Waals surface area contributed by atoms with Crippen LogP contribution in [0.5, 0.6) is 0 Å². The molecular weight excluding hydrogens is 401 g/mol. The summed E-state index contributed by atoms with van der Waals surface area (Å²) in [5, 5.41) is 0. The number of ether oxygens (including phenoxy) is 1. The van der Waals surface area contributed by atoms with Crippen LogP contribution in [0.25, 0.3) is 0 Å². The molecule has 0 unspecified atom stereocenters. The number of hydrogen-bond donors (Lipinski definition) is 1. The first kappa shape index (κ1) is 20.2. The molecule has 2 aliphatic heterocycles. The number of halogens is 1. The molecule has 2 heterocycles. The third-order valence-electron chi connectivity index (χ3n) is 8.05. The van der Waals surface area contributed by atoms with E-state index in [9.17, 15) is 4.39 Å². The number of aliphatic imine (C=N–C) groups is 1. The maximum Gasteiger partial charge on any atom is 0.288 e. The summed E-state index contributed by atoms with van der Waals surface area (Å²) in [5.41, 5.74) is 11.3. The van der Waals surface area contributed by atoms with E-state index in [1.807, 2.05) is 12.1 Å². The topological polar surface area (TPSA) is 50.8 Å². The number of benzene rings is 2. The van der Waals surface area contributed by atoms with E-state index in [1.54, 1.807) is 12.1 Å². The van der Waals surface area contributed by atoms with Crippen molar-refractivity contribution in [1.29, 1.82) is 0 Å². The summed E-state index contributed by atoms with van der Waals surface area (Å²) in [4.78, 5) is 7.12. The van der Waals surface area contributed by atoms with Gasteiger partial charge in [0.1, 0.15) is 11.9 Å². The maximum atomic E-state index is 13.7. The smallest absolute Gasteiger partial charge is 0.288 e. The summed E-state index contributed by atoms with van der Waals surface area (Å²) in [6.45, 7) is 1.58. The van der Waals surface area contributed by atoms with Crippen LogP contribution in [-0.4, -0.2) is 36.2 Å². The number of nitrogens with zero attached hydrogens (tertiary/aromatic N) is 2. The van der Waals surface area contributed by atoms with Crippen molar-refractivity contribution in [1.82, 2.24) is 4.90 Å². The number of rotatable bonds is 3. The zero-order valence-electron chi connectivity index (χ0n) is 18.6. The largest absolute Gasteiger partial charge is 0.460 e. The Hall–Kier alpha value is -2.40. The quantitative estimate of drug-likeness (QED) is 0.747. The van der Waals surface area contributed by atoms with E-state index in [4.69, 9.17) is 15.5 Å². The van der Waals surface area contributed by atoms with Gasteiger partial charge in [0.15, 0.2) is 0 Å². The van der Waals surface area contributed by atoms with E-state index in [0.717, 1.165) is 37.4 Å². The molecule has 2 aromatic rings. The Morgan fingerprint density at radius 3 is 2.50 bits per heavy atom. The fourth-order valence-electron chi connectivity index (χ4n) is 6.16. The van der Waals surface area contributed by atoms with Crippen molar-refractivity contribution < 1.29 is 9.13 Å². The van der Waals surface area contributed by atoms with Crippen molar-refractivity contribution in [2.75, 3.05) is 13.1 Å². The lowest BCUT2D eigenvalue weighted by molar-refractivity contribution is 0.0668. The van der Waals surface area contributed by atoms with Gasteiger partial charge in [-0.25, -0.2) is 9.38 Å². The van der Waals surface area contributed by atoms with Crippen molar-refractivity contribution in [3.8, 4) is 0 Å². The molecule has 2 atom stereocenters. The Kier molecular flexibility index (Phi) is 5.17. The average molecular weight is 434 g/mol. The first-order chi connectivity index (χ1) is 15.7. The van der Waals surface area contributed by atoms with E-state index in [2.05, 4.69) is 23.1 Å². The van der Waals surface area contributed by atoms with Gasteiger partial charge >= 0.3 is 0 Å². The van der Waals surface area contributed by atoms with Crippen molar-refractivity contribution in [2.24, 2.45) is 16.6 Å². The zero-order valence-corrected chi connectivity index (χ0v) is 18.6. The number of amidine groups is 1. The molecule has 2 saturated carbocycles. The molecule has 5 heteroatoms. The van der Waals surface area contributed by atoms with Gasteiger partial charge in [-0.1, -0.05) is 43.2 Å². The van der Waals surface area contributed by atoms with Crippen molar-refractivity contribution >= 4 is 6.02 Å². The minimum absolute atomic E-state index is 0.00174. The molecule has 32 heavy (non-hydrogen) atoms. The molecule has 2 N–H and O–H groups in total. The molecule has 0 bridgehead atoms. The molecule has 4 nitrogen and oxygen atoms in total. The molecule has 0 aromatic heterocycles. The summed E-state index contributed by atoms with van der Waals surface area (Å²) in [7, 11) is 0. The van der Waals surface area contributed by atoms with Crippen LogP contribution < -0.4 is 5.73 Å². The first-order valence-corrected chi connectivity index (χ1v) is 12.3. The Labute approximate surface area is 189 Å². The SMILES string of the molecule is NC1CC([C@@H]2CN=C(N3CCc4cc(C5CCCC5)ccc4[C@@H]3c3ccc(F)cc3)O2)C1. The van der Waals surface area contributed by atoms with Gasteiger partial charge in [0.05, 0.1) is 12.6 Å². The molecule has 2 fully saturated rings. The average Bonchev–Trinajstić information content (AvgIpc) is 3.49. The molecule has 2 aliphatic carbocycles. The molecule has 0 radical (unpaired) electrons. The third-order valence-corrected chi connectivity index (χ3v) is 8.05. The van der Waals surface area contributed by atoms with Gasteiger partial charge in [0.25, 0.3) is 6.02 Å². The van der Waals surface area contributed by atoms with Gasteiger partial charge in [-0.15, -0.1) is 0 Å². The van der Waals surface area contributed by atoms with Crippen LogP contribution in [0.4, 0.5) is 4.39 Å². The van der Waals surface area contributed by atoms with Crippen LogP contribution in [0.1, 0.15) is 72.7 Å². The molecule has 168 valence electrons. The molecule has 0 saturated heterocycles. The molecule has 0 amide bonds. The van der Waals surface area contributed by atoms with Crippen LogP contribution in [0, 0.1) is 11.7 Å². The van der Waals surface area contributed by atoms with Crippen LogP contribution in [-0.2, 0) is 11.2 Å². The van der Waals surface area contributed by atoms with Crippen molar-refractivity contribution in [3.63, 3.8) is 0 Å². The normalized spacial score (nSPS) is 29.9. The van der Waals surface area contributed by atoms with Gasteiger partial charge in [0, 0.05) is 18.5 Å². The highest BCUT2D eigenvalue weighted by Crippen LogP contribution is 2.41. The second-order valence-electron chi connectivity index (χ2n) is 10.1. The first-order valence-electron chi connectivity index (χ1n) is 12.3.